The maximum absolute atomic E-state index is 15.0. The summed E-state index contributed by atoms with van der Waals surface area (Å²) in [7, 11) is 5.54. The van der Waals surface area contributed by atoms with Gasteiger partial charge in [0.1, 0.15) is 17.3 Å². The zero-order valence-electron chi connectivity index (χ0n) is 30.1. The van der Waals surface area contributed by atoms with Crippen LogP contribution in [0.1, 0.15) is 38.5 Å². The van der Waals surface area contributed by atoms with E-state index >= 15 is 4.39 Å². The van der Waals surface area contributed by atoms with Crippen molar-refractivity contribution >= 4 is 40.2 Å². The molecule has 0 spiro atoms. The number of anilines is 4. The highest BCUT2D eigenvalue weighted by atomic mass is 19.1. The predicted octanol–water partition coefficient (Wildman–Crippen LogP) is 4.84. The van der Waals surface area contributed by atoms with Gasteiger partial charge in [-0.05, 0) is 101 Å². The number of carbonyl (C=O) groups is 1. The summed E-state index contributed by atoms with van der Waals surface area (Å²) in [5.74, 6) is 2.86. The van der Waals surface area contributed by atoms with E-state index in [0.717, 1.165) is 67.7 Å². The first-order valence-corrected chi connectivity index (χ1v) is 18.4. The van der Waals surface area contributed by atoms with Crippen molar-refractivity contribution < 1.29 is 13.9 Å². The number of methoxy groups -OCH3 is 1. The fraction of sp³-hybridized carbons (Fsp3) is 0.500. The molecule has 13 nitrogen and oxygen atoms in total. The van der Waals surface area contributed by atoms with Gasteiger partial charge >= 0.3 is 6.03 Å². The van der Waals surface area contributed by atoms with Crippen molar-refractivity contribution in [3.63, 3.8) is 0 Å². The normalized spacial score (nSPS) is 23.7. The van der Waals surface area contributed by atoms with Gasteiger partial charge in [0.15, 0.2) is 5.65 Å². The summed E-state index contributed by atoms with van der Waals surface area (Å²) in [6.45, 7) is 4.08. The first kappa shape index (κ1) is 34.1. The van der Waals surface area contributed by atoms with E-state index in [1.54, 1.807) is 6.07 Å². The van der Waals surface area contributed by atoms with E-state index in [1.165, 1.54) is 37.1 Å². The monoisotopic (exact) mass is 710 g/mol. The number of fused-ring (bicyclic) bond motifs is 1. The van der Waals surface area contributed by atoms with Crippen LogP contribution in [0.2, 0.25) is 0 Å². The molecular formula is C38H47FN10O3. The number of halogens is 1. The van der Waals surface area contributed by atoms with Crippen molar-refractivity contribution in [2.75, 3.05) is 76.0 Å². The number of pyridine rings is 2. The molecule has 4 heterocycles. The number of nitrogens with zero attached hydrogens (tertiary/aromatic N) is 7. The molecule has 52 heavy (non-hydrogen) atoms. The minimum atomic E-state index is -0.697. The first-order chi connectivity index (χ1) is 25.1. The van der Waals surface area contributed by atoms with Gasteiger partial charge in [-0.1, -0.05) is 6.07 Å². The summed E-state index contributed by atoms with van der Waals surface area (Å²) in [6.07, 6.45) is 8.82. The van der Waals surface area contributed by atoms with Gasteiger partial charge < -0.3 is 35.4 Å². The quantitative estimate of drug-likeness (QED) is 0.210. The predicted molar refractivity (Wildman–Crippen MR) is 199 cm³/mol. The van der Waals surface area contributed by atoms with Gasteiger partial charge in [-0.25, -0.2) is 14.2 Å². The molecule has 4 aromatic rings. The molecule has 2 amide bonds. The third-order valence-electron chi connectivity index (χ3n) is 11.3. The summed E-state index contributed by atoms with van der Waals surface area (Å²) < 4.78 is 22.1. The Balaban J connectivity index is 0.960. The van der Waals surface area contributed by atoms with Crippen molar-refractivity contribution in [1.29, 1.82) is 0 Å². The largest absolute Gasteiger partial charge is 0.479 e. The minimum absolute atomic E-state index is 0.00461. The Morgan fingerprint density at radius 1 is 1.00 bits per heavy atom. The Hall–Kier alpha value is -4.98. The fourth-order valence-corrected chi connectivity index (χ4v) is 9.24. The van der Waals surface area contributed by atoms with Gasteiger partial charge in [0, 0.05) is 62.8 Å². The molecule has 9 rings (SSSR count). The number of piperazine rings is 1. The Morgan fingerprint density at radius 3 is 2.42 bits per heavy atom. The third-order valence-corrected chi connectivity index (χ3v) is 11.3. The topological polar surface area (TPSA) is 133 Å². The van der Waals surface area contributed by atoms with Gasteiger partial charge in [-0.15, -0.1) is 0 Å². The molecule has 5 fully saturated rings. The zero-order chi connectivity index (χ0) is 36.0. The number of ether oxygens (including phenoxy) is 1. The van der Waals surface area contributed by atoms with Crippen LogP contribution in [0.4, 0.5) is 32.3 Å². The van der Waals surface area contributed by atoms with Crippen LogP contribution < -0.4 is 31.1 Å². The molecule has 3 N–H and O–H groups in total. The molecule has 1 saturated heterocycles. The third kappa shape index (κ3) is 6.83. The second-order valence-electron chi connectivity index (χ2n) is 15.3. The van der Waals surface area contributed by atoms with E-state index in [2.05, 4.69) is 35.7 Å². The van der Waals surface area contributed by atoms with Crippen LogP contribution in [0.25, 0.3) is 16.7 Å². The maximum Gasteiger partial charge on any atom is 0.317 e. The molecule has 1 aliphatic heterocycles. The molecule has 274 valence electrons. The Kier molecular flexibility index (Phi) is 9.10. The van der Waals surface area contributed by atoms with E-state index in [4.69, 9.17) is 9.72 Å². The fourth-order valence-electron chi connectivity index (χ4n) is 9.24. The van der Waals surface area contributed by atoms with Gasteiger partial charge in [0.2, 0.25) is 11.8 Å². The van der Waals surface area contributed by atoms with Gasteiger partial charge in [-0.2, -0.15) is 9.97 Å². The number of amides is 2. The standard InChI is InChI=1S/C38H47FN10O3/c1-46(2)10-9-40-27-5-4-6-28(18-27)49-33(50)19-30(39)29-23-41-36(44-34(29)49)42-31-7-8-32(43-35(31)52-3)47-11-13-48(14-12-47)37(51)45-38-20-24-15-25(21-38)17-26(16-24)22-38/h4-8,18-19,23-26,40H,9-17,20-22H2,1-3H3,(H,45,51)(H,41,42,44). The summed E-state index contributed by atoms with van der Waals surface area (Å²) in [5, 5.41) is 10.1. The minimum Gasteiger partial charge on any atom is -0.479 e. The second-order valence-corrected chi connectivity index (χ2v) is 15.3. The van der Waals surface area contributed by atoms with Gasteiger partial charge in [-0.3, -0.25) is 9.36 Å². The maximum atomic E-state index is 15.0. The smallest absolute Gasteiger partial charge is 0.317 e. The van der Waals surface area contributed by atoms with Crippen molar-refractivity contribution in [2.24, 2.45) is 17.8 Å². The van der Waals surface area contributed by atoms with E-state index in [9.17, 15) is 9.59 Å². The molecule has 4 saturated carbocycles. The SMILES string of the molecule is COc1nc(N2CCN(C(=O)NC34CC5CC(CC(C5)C3)C4)CC2)ccc1Nc1ncc2c(F)cc(=O)n(-c3cccc(NCCN(C)C)c3)c2n1. The molecule has 0 radical (unpaired) electrons. The Morgan fingerprint density at radius 2 is 1.73 bits per heavy atom. The second kappa shape index (κ2) is 13.9. The molecule has 0 atom stereocenters. The van der Waals surface area contributed by atoms with E-state index in [-0.39, 0.29) is 28.6 Å². The number of carbonyl (C=O) groups excluding carboxylic acids is 1. The summed E-state index contributed by atoms with van der Waals surface area (Å²) in [6, 6.07) is 12.1. The average molecular weight is 711 g/mol. The molecule has 5 aliphatic rings. The summed E-state index contributed by atoms with van der Waals surface area (Å²) in [5.41, 5.74) is 1.46. The number of rotatable bonds is 10. The van der Waals surface area contributed by atoms with E-state index < -0.39 is 11.4 Å². The van der Waals surface area contributed by atoms with Crippen LogP contribution in [0.5, 0.6) is 5.88 Å². The lowest BCUT2D eigenvalue weighted by Gasteiger charge is -2.57. The number of nitrogens with one attached hydrogen (secondary N) is 3. The Bertz CT molecular complexity index is 1990. The van der Waals surface area contributed by atoms with Crippen LogP contribution in [0.3, 0.4) is 0 Å². The van der Waals surface area contributed by atoms with Gasteiger partial charge in [0.05, 0.1) is 18.2 Å². The molecule has 4 aliphatic carbocycles. The number of urea groups is 1. The molecule has 3 aromatic heterocycles. The van der Waals surface area contributed by atoms with Crippen LogP contribution >= 0.6 is 0 Å². The number of benzene rings is 1. The van der Waals surface area contributed by atoms with Crippen LogP contribution in [-0.2, 0) is 0 Å². The van der Waals surface area contributed by atoms with Crippen LogP contribution in [0, 0.1) is 23.6 Å². The highest BCUT2D eigenvalue weighted by Gasteiger charge is 2.52. The zero-order valence-corrected chi connectivity index (χ0v) is 30.1. The molecule has 0 unspecified atom stereocenters. The van der Waals surface area contributed by atoms with Gasteiger partial charge in [0.25, 0.3) is 5.56 Å². The summed E-state index contributed by atoms with van der Waals surface area (Å²) >= 11 is 0. The lowest BCUT2D eigenvalue weighted by Crippen LogP contribution is -2.63. The molecular weight excluding hydrogens is 663 g/mol. The lowest BCUT2D eigenvalue weighted by molar-refractivity contribution is -0.0157. The number of aromatic nitrogens is 4. The highest BCUT2D eigenvalue weighted by molar-refractivity contribution is 5.79. The van der Waals surface area contributed by atoms with E-state index in [0.29, 0.717) is 43.4 Å². The van der Waals surface area contributed by atoms with Crippen molar-refractivity contribution in [3.05, 3.63) is 64.8 Å². The Labute approximate surface area is 302 Å². The number of hydrogen-bond donors (Lipinski definition) is 3. The van der Waals surface area contributed by atoms with Crippen molar-refractivity contribution in [1.82, 2.24) is 34.6 Å². The van der Waals surface area contributed by atoms with Crippen LogP contribution in [-0.4, -0.2) is 101 Å². The first-order valence-electron chi connectivity index (χ1n) is 18.4. The van der Waals surface area contributed by atoms with Crippen molar-refractivity contribution in [2.45, 2.75) is 44.1 Å². The van der Waals surface area contributed by atoms with Crippen molar-refractivity contribution in [3.8, 4) is 11.6 Å². The number of hydrogen-bond acceptors (Lipinski definition) is 10. The molecule has 1 aromatic carbocycles. The average Bonchev–Trinajstić information content (AvgIpc) is 3.11. The van der Waals surface area contributed by atoms with E-state index in [1.807, 2.05) is 49.3 Å². The lowest BCUT2D eigenvalue weighted by atomic mass is 9.53. The summed E-state index contributed by atoms with van der Waals surface area (Å²) in [4.78, 5) is 46.5. The number of likely N-dealkylation sites (N-methyl/N-ethyl adjacent to an activating group) is 1. The molecule has 4 bridgehead atoms. The van der Waals surface area contributed by atoms with Crippen LogP contribution in [0.15, 0.2) is 53.5 Å². The molecule has 14 heteroatoms. The highest BCUT2D eigenvalue weighted by Crippen LogP contribution is 2.55.